The van der Waals surface area contributed by atoms with E-state index in [2.05, 4.69) is 4.72 Å². The summed E-state index contributed by atoms with van der Waals surface area (Å²) in [6.45, 7) is 5.29. The van der Waals surface area contributed by atoms with Gasteiger partial charge in [-0.25, -0.2) is 8.42 Å². The first-order chi connectivity index (χ1) is 15.8. The largest absolute Gasteiger partial charge is 0.494 e. The lowest BCUT2D eigenvalue weighted by molar-refractivity contribution is -0.143. The molecule has 0 unspecified atom stereocenters. The van der Waals surface area contributed by atoms with Crippen LogP contribution in [0.15, 0.2) is 53.4 Å². The number of nitrogens with one attached hydrogen (secondary N) is 1. The molecule has 2 aromatic rings. The maximum Gasteiger partial charge on any atom is 0.307 e. The molecule has 1 saturated carbocycles. The standard InChI is InChI=1S/C24H30N2O6S/c1-3-31-21-11-9-20(10-12-21)25-33(29,30)22-13-7-19(8-14-22)24(28)26(17-18-5-6-18)16-15-23(27)32-4-2/h7-14,18,25H,3-6,15-17H2,1-2H3. The second kappa shape index (κ2) is 11.2. The number of benzene rings is 2. The third-order valence-corrected chi connectivity index (χ3v) is 6.58. The highest BCUT2D eigenvalue weighted by Crippen LogP contribution is 2.30. The van der Waals surface area contributed by atoms with Crippen LogP contribution < -0.4 is 9.46 Å². The second-order valence-electron chi connectivity index (χ2n) is 7.84. The van der Waals surface area contributed by atoms with Gasteiger partial charge in [0.25, 0.3) is 15.9 Å². The molecule has 1 N–H and O–H groups in total. The zero-order chi connectivity index (χ0) is 23.8. The van der Waals surface area contributed by atoms with Gasteiger partial charge in [0.2, 0.25) is 0 Å². The number of hydrogen-bond donors (Lipinski definition) is 1. The third-order valence-electron chi connectivity index (χ3n) is 5.18. The number of carbonyl (C=O) groups is 2. The maximum absolute atomic E-state index is 13.0. The van der Waals surface area contributed by atoms with Crippen molar-refractivity contribution in [3.05, 3.63) is 54.1 Å². The van der Waals surface area contributed by atoms with Crippen LogP contribution in [0.1, 0.15) is 43.5 Å². The Balaban J connectivity index is 1.67. The summed E-state index contributed by atoms with van der Waals surface area (Å²) >= 11 is 0. The molecule has 0 heterocycles. The van der Waals surface area contributed by atoms with Crippen LogP contribution in [0, 0.1) is 5.92 Å². The zero-order valence-corrected chi connectivity index (χ0v) is 19.8. The van der Waals surface area contributed by atoms with Gasteiger partial charge in [-0.05, 0) is 81.1 Å². The van der Waals surface area contributed by atoms with Gasteiger partial charge in [0, 0.05) is 24.3 Å². The van der Waals surface area contributed by atoms with Gasteiger partial charge in [-0.1, -0.05) is 0 Å². The molecule has 0 aliphatic heterocycles. The van der Waals surface area contributed by atoms with Gasteiger partial charge in [0.15, 0.2) is 0 Å². The minimum atomic E-state index is -3.81. The fourth-order valence-corrected chi connectivity index (χ4v) is 4.37. The van der Waals surface area contributed by atoms with Crippen LogP contribution in [0.5, 0.6) is 5.75 Å². The average molecular weight is 475 g/mol. The van der Waals surface area contributed by atoms with E-state index in [0.717, 1.165) is 12.8 Å². The molecule has 0 radical (unpaired) electrons. The Labute approximate surface area is 194 Å². The number of rotatable bonds is 12. The summed E-state index contributed by atoms with van der Waals surface area (Å²) in [5.41, 5.74) is 0.785. The van der Waals surface area contributed by atoms with Crippen molar-refractivity contribution in [2.75, 3.05) is 31.0 Å². The molecule has 33 heavy (non-hydrogen) atoms. The Kier molecular flexibility index (Phi) is 8.32. The number of anilines is 1. The molecule has 0 spiro atoms. The fraction of sp³-hybridized carbons (Fsp3) is 0.417. The number of hydrogen-bond acceptors (Lipinski definition) is 6. The first kappa shape index (κ1) is 24.6. The molecule has 8 nitrogen and oxygen atoms in total. The van der Waals surface area contributed by atoms with E-state index in [-0.39, 0.29) is 29.7 Å². The summed E-state index contributed by atoms with van der Waals surface area (Å²) in [6.07, 6.45) is 2.26. The number of nitrogens with zero attached hydrogens (tertiary/aromatic N) is 1. The van der Waals surface area contributed by atoms with E-state index in [4.69, 9.17) is 9.47 Å². The molecule has 1 fully saturated rings. The number of carbonyl (C=O) groups excluding carboxylic acids is 2. The molecule has 0 atom stereocenters. The van der Waals surface area contributed by atoms with E-state index in [0.29, 0.717) is 42.7 Å². The summed E-state index contributed by atoms with van der Waals surface area (Å²) in [6, 6.07) is 12.4. The lowest BCUT2D eigenvalue weighted by Crippen LogP contribution is -2.35. The van der Waals surface area contributed by atoms with Crippen molar-refractivity contribution in [3.8, 4) is 5.75 Å². The summed E-state index contributed by atoms with van der Waals surface area (Å²) in [4.78, 5) is 26.4. The Morgan fingerprint density at radius 3 is 2.24 bits per heavy atom. The lowest BCUT2D eigenvalue weighted by Gasteiger charge is -2.22. The normalized spacial score (nSPS) is 13.3. The Hall–Kier alpha value is -3.07. The molecular formula is C24H30N2O6S. The predicted molar refractivity (Wildman–Crippen MR) is 125 cm³/mol. The van der Waals surface area contributed by atoms with Gasteiger partial charge in [0.1, 0.15) is 5.75 Å². The van der Waals surface area contributed by atoms with Crippen LogP contribution in [-0.2, 0) is 19.6 Å². The molecule has 2 aromatic carbocycles. The quantitative estimate of drug-likeness (QED) is 0.471. The van der Waals surface area contributed by atoms with E-state index in [9.17, 15) is 18.0 Å². The minimum absolute atomic E-state index is 0.0493. The van der Waals surface area contributed by atoms with Crippen LogP contribution in [0.25, 0.3) is 0 Å². The highest BCUT2D eigenvalue weighted by atomic mass is 32.2. The van der Waals surface area contributed by atoms with Crippen LogP contribution in [0.3, 0.4) is 0 Å². The predicted octanol–water partition coefficient (Wildman–Crippen LogP) is 3.69. The number of ether oxygens (including phenoxy) is 2. The van der Waals surface area contributed by atoms with E-state index in [1.165, 1.54) is 24.3 Å². The van der Waals surface area contributed by atoms with Crippen molar-refractivity contribution in [1.82, 2.24) is 4.90 Å². The van der Waals surface area contributed by atoms with Crippen LogP contribution in [-0.4, -0.2) is 51.5 Å². The highest BCUT2D eigenvalue weighted by Gasteiger charge is 2.28. The summed E-state index contributed by atoms with van der Waals surface area (Å²) in [5, 5.41) is 0. The molecule has 178 valence electrons. The Morgan fingerprint density at radius 1 is 1.00 bits per heavy atom. The van der Waals surface area contributed by atoms with E-state index in [1.54, 1.807) is 36.1 Å². The molecule has 0 aromatic heterocycles. The van der Waals surface area contributed by atoms with Crippen molar-refractivity contribution in [1.29, 1.82) is 0 Å². The van der Waals surface area contributed by atoms with Crippen LogP contribution >= 0.6 is 0 Å². The molecular weight excluding hydrogens is 444 g/mol. The number of sulfonamides is 1. The smallest absolute Gasteiger partial charge is 0.307 e. The third kappa shape index (κ3) is 7.21. The lowest BCUT2D eigenvalue weighted by atomic mass is 10.2. The van der Waals surface area contributed by atoms with Crippen molar-refractivity contribution in [2.24, 2.45) is 5.92 Å². The van der Waals surface area contributed by atoms with E-state index >= 15 is 0 Å². The van der Waals surface area contributed by atoms with Crippen LogP contribution in [0.2, 0.25) is 0 Å². The molecule has 3 rings (SSSR count). The van der Waals surface area contributed by atoms with Crippen molar-refractivity contribution < 1.29 is 27.5 Å². The van der Waals surface area contributed by atoms with Crippen molar-refractivity contribution in [2.45, 2.75) is 38.0 Å². The van der Waals surface area contributed by atoms with Gasteiger partial charge in [-0.2, -0.15) is 0 Å². The number of esters is 1. The molecule has 1 aliphatic rings. The second-order valence-corrected chi connectivity index (χ2v) is 9.52. The first-order valence-electron chi connectivity index (χ1n) is 11.1. The molecule has 1 amide bonds. The Bertz CT molecular complexity index is 1050. The summed E-state index contributed by atoms with van der Waals surface area (Å²) in [5.74, 6) is 0.540. The number of amides is 1. The average Bonchev–Trinajstić information content (AvgIpc) is 3.62. The monoisotopic (exact) mass is 474 g/mol. The Morgan fingerprint density at radius 2 is 1.67 bits per heavy atom. The SMILES string of the molecule is CCOC(=O)CCN(CC1CC1)C(=O)c1ccc(S(=O)(=O)Nc2ccc(OCC)cc2)cc1. The minimum Gasteiger partial charge on any atom is -0.494 e. The molecule has 1 aliphatic carbocycles. The molecule has 0 saturated heterocycles. The van der Waals surface area contributed by atoms with Crippen LogP contribution in [0.4, 0.5) is 5.69 Å². The summed E-state index contributed by atoms with van der Waals surface area (Å²) in [7, 11) is -3.81. The highest BCUT2D eigenvalue weighted by molar-refractivity contribution is 7.92. The zero-order valence-electron chi connectivity index (χ0n) is 19.0. The topological polar surface area (TPSA) is 102 Å². The molecule has 0 bridgehead atoms. The van der Waals surface area contributed by atoms with E-state index in [1.807, 2.05) is 6.92 Å². The van der Waals surface area contributed by atoms with Gasteiger partial charge < -0.3 is 14.4 Å². The van der Waals surface area contributed by atoms with E-state index < -0.39 is 10.0 Å². The van der Waals surface area contributed by atoms with Gasteiger partial charge in [0.05, 0.1) is 24.5 Å². The van der Waals surface area contributed by atoms with Gasteiger partial charge in [-0.3, -0.25) is 14.3 Å². The first-order valence-corrected chi connectivity index (χ1v) is 12.6. The van der Waals surface area contributed by atoms with Crippen molar-refractivity contribution >= 4 is 27.6 Å². The van der Waals surface area contributed by atoms with Gasteiger partial charge >= 0.3 is 5.97 Å². The summed E-state index contributed by atoms with van der Waals surface area (Å²) < 4.78 is 38.3. The van der Waals surface area contributed by atoms with Crippen molar-refractivity contribution in [3.63, 3.8) is 0 Å². The maximum atomic E-state index is 13.0. The molecule has 9 heteroatoms. The fourth-order valence-electron chi connectivity index (χ4n) is 3.31. The van der Waals surface area contributed by atoms with Gasteiger partial charge in [-0.15, -0.1) is 0 Å².